The quantitative estimate of drug-likeness (QED) is 0.458. The van der Waals surface area contributed by atoms with Gasteiger partial charge in [-0.15, -0.1) is 0 Å². The molecule has 0 heterocycles. The molecule has 1 atom stereocenters. The largest absolute Gasteiger partial charge is 0.298 e. The average Bonchev–Trinajstić information content (AvgIpc) is 2.39. The molecule has 0 aromatic heterocycles. The predicted molar refractivity (Wildman–Crippen MR) is 92.0 cm³/mol. The second-order valence-corrected chi connectivity index (χ2v) is 6.84. The van der Waals surface area contributed by atoms with Crippen LogP contribution in [0.2, 0.25) is 0 Å². The van der Waals surface area contributed by atoms with E-state index < -0.39 is 0 Å². The Labute approximate surface area is 128 Å². The van der Waals surface area contributed by atoms with Gasteiger partial charge in [-0.1, -0.05) is 46.1 Å². The fraction of sp³-hybridized carbons (Fsp3) is 0.895. The Morgan fingerprint density at radius 2 is 1.65 bits per heavy atom. The highest BCUT2D eigenvalue weighted by Crippen LogP contribution is 2.29. The SMILES string of the molecule is C/[C]=C(\C)CCC[C@@](C)(CCCC(C)C)N(CC)CC. The highest BCUT2D eigenvalue weighted by Gasteiger charge is 2.28. The molecule has 0 aliphatic rings. The molecule has 119 valence electrons. The average molecular weight is 281 g/mol. The van der Waals surface area contributed by atoms with Gasteiger partial charge in [-0.25, -0.2) is 0 Å². The summed E-state index contributed by atoms with van der Waals surface area (Å²) in [5, 5.41) is 0. The van der Waals surface area contributed by atoms with Crippen LogP contribution in [-0.2, 0) is 0 Å². The zero-order valence-electron chi connectivity index (χ0n) is 15.2. The smallest absolute Gasteiger partial charge is 0.0181 e. The van der Waals surface area contributed by atoms with Crippen LogP contribution in [0.5, 0.6) is 0 Å². The maximum atomic E-state index is 3.27. The molecular weight excluding hydrogens is 242 g/mol. The highest BCUT2D eigenvalue weighted by molar-refractivity contribution is 4.92. The summed E-state index contributed by atoms with van der Waals surface area (Å²) >= 11 is 0. The van der Waals surface area contributed by atoms with Crippen LogP contribution in [-0.4, -0.2) is 23.5 Å². The first-order valence-corrected chi connectivity index (χ1v) is 8.64. The Morgan fingerprint density at radius 3 is 2.10 bits per heavy atom. The molecule has 1 radical (unpaired) electrons. The monoisotopic (exact) mass is 280 g/mol. The van der Waals surface area contributed by atoms with Crippen molar-refractivity contribution in [2.75, 3.05) is 13.1 Å². The standard InChI is InChI=1S/C19H38N/c1-8-18(6)14-12-16-19(7,20(9-2)10-3)15-11-13-17(4)5/h17H,9-16H2,1-7H3/t19-/m1/s1. The van der Waals surface area contributed by atoms with Gasteiger partial charge in [0, 0.05) is 5.54 Å². The van der Waals surface area contributed by atoms with Crippen molar-refractivity contribution in [2.45, 2.75) is 92.5 Å². The molecule has 0 amide bonds. The molecule has 0 aromatic carbocycles. The number of allylic oxidation sites excluding steroid dienone is 2. The molecule has 0 aromatic rings. The normalized spacial score (nSPS) is 15.9. The van der Waals surface area contributed by atoms with Crippen molar-refractivity contribution in [1.82, 2.24) is 4.90 Å². The minimum absolute atomic E-state index is 0.381. The molecule has 1 nitrogen and oxygen atoms in total. The second-order valence-electron chi connectivity index (χ2n) is 6.84. The van der Waals surface area contributed by atoms with Crippen molar-refractivity contribution >= 4 is 0 Å². The van der Waals surface area contributed by atoms with Crippen molar-refractivity contribution < 1.29 is 0 Å². The molecule has 0 aliphatic heterocycles. The minimum atomic E-state index is 0.381. The molecule has 20 heavy (non-hydrogen) atoms. The molecule has 0 fully saturated rings. The summed E-state index contributed by atoms with van der Waals surface area (Å²) < 4.78 is 0. The van der Waals surface area contributed by atoms with Gasteiger partial charge in [0.05, 0.1) is 0 Å². The van der Waals surface area contributed by atoms with E-state index in [4.69, 9.17) is 0 Å². The molecule has 0 saturated heterocycles. The molecule has 0 saturated carbocycles. The lowest BCUT2D eigenvalue weighted by Crippen LogP contribution is -2.46. The van der Waals surface area contributed by atoms with Crippen LogP contribution in [0.1, 0.15) is 87.0 Å². The van der Waals surface area contributed by atoms with Gasteiger partial charge in [0.2, 0.25) is 0 Å². The fourth-order valence-corrected chi connectivity index (χ4v) is 3.18. The van der Waals surface area contributed by atoms with E-state index in [9.17, 15) is 0 Å². The summed E-state index contributed by atoms with van der Waals surface area (Å²) in [5.41, 5.74) is 1.79. The molecule has 0 spiro atoms. The summed E-state index contributed by atoms with van der Waals surface area (Å²) in [6.45, 7) is 18.3. The van der Waals surface area contributed by atoms with E-state index in [2.05, 4.69) is 52.5 Å². The summed E-state index contributed by atoms with van der Waals surface area (Å²) in [5.74, 6) is 0.829. The zero-order chi connectivity index (χ0) is 15.6. The van der Waals surface area contributed by atoms with Gasteiger partial charge in [0.25, 0.3) is 0 Å². The Balaban J connectivity index is 4.52. The lowest BCUT2D eigenvalue weighted by atomic mass is 9.85. The van der Waals surface area contributed by atoms with Crippen LogP contribution >= 0.6 is 0 Å². The van der Waals surface area contributed by atoms with Crippen molar-refractivity contribution in [3.63, 3.8) is 0 Å². The van der Waals surface area contributed by atoms with Crippen molar-refractivity contribution in [3.05, 3.63) is 11.6 Å². The zero-order valence-corrected chi connectivity index (χ0v) is 15.2. The van der Waals surface area contributed by atoms with Gasteiger partial charge in [-0.2, -0.15) is 0 Å². The highest BCUT2D eigenvalue weighted by atomic mass is 15.2. The van der Waals surface area contributed by atoms with E-state index in [-0.39, 0.29) is 0 Å². The lowest BCUT2D eigenvalue weighted by molar-refractivity contribution is 0.0915. The van der Waals surface area contributed by atoms with E-state index in [0.717, 1.165) is 5.92 Å². The van der Waals surface area contributed by atoms with Crippen LogP contribution in [0.4, 0.5) is 0 Å². The lowest BCUT2D eigenvalue weighted by Gasteiger charge is -2.41. The van der Waals surface area contributed by atoms with E-state index in [1.165, 1.54) is 57.2 Å². The summed E-state index contributed by atoms with van der Waals surface area (Å²) in [6.07, 6.45) is 11.1. The van der Waals surface area contributed by atoms with Crippen LogP contribution in [0.15, 0.2) is 5.57 Å². The van der Waals surface area contributed by atoms with Crippen molar-refractivity contribution in [2.24, 2.45) is 5.92 Å². The van der Waals surface area contributed by atoms with Crippen molar-refractivity contribution in [1.29, 1.82) is 0 Å². The molecule has 1 heteroatoms. The molecule has 0 bridgehead atoms. The van der Waals surface area contributed by atoms with E-state index in [0.29, 0.717) is 5.54 Å². The van der Waals surface area contributed by atoms with Crippen LogP contribution < -0.4 is 0 Å². The molecule has 0 N–H and O–H groups in total. The Bertz CT molecular complexity index is 263. The van der Waals surface area contributed by atoms with Crippen molar-refractivity contribution in [3.8, 4) is 0 Å². The van der Waals surface area contributed by atoms with E-state index >= 15 is 0 Å². The summed E-state index contributed by atoms with van der Waals surface area (Å²) in [6, 6.07) is 0. The first-order valence-electron chi connectivity index (χ1n) is 8.64. The summed E-state index contributed by atoms with van der Waals surface area (Å²) in [4.78, 5) is 2.67. The number of hydrogen-bond acceptors (Lipinski definition) is 1. The first kappa shape index (κ1) is 19.7. The predicted octanol–water partition coefficient (Wildman–Crippen LogP) is 5.85. The second kappa shape index (κ2) is 10.4. The van der Waals surface area contributed by atoms with Gasteiger partial charge in [0.1, 0.15) is 0 Å². The fourth-order valence-electron chi connectivity index (χ4n) is 3.18. The third-order valence-electron chi connectivity index (χ3n) is 4.72. The van der Waals surface area contributed by atoms with Crippen LogP contribution in [0.25, 0.3) is 0 Å². The third-order valence-corrected chi connectivity index (χ3v) is 4.72. The number of rotatable bonds is 11. The first-order chi connectivity index (χ1) is 9.39. The van der Waals surface area contributed by atoms with Gasteiger partial charge >= 0.3 is 0 Å². The summed E-state index contributed by atoms with van der Waals surface area (Å²) in [7, 11) is 0. The minimum Gasteiger partial charge on any atom is -0.298 e. The van der Waals surface area contributed by atoms with Crippen LogP contribution in [0.3, 0.4) is 0 Å². The third kappa shape index (κ3) is 7.47. The topological polar surface area (TPSA) is 3.24 Å². The maximum Gasteiger partial charge on any atom is 0.0181 e. The Hall–Kier alpha value is -0.300. The molecule has 0 unspecified atom stereocenters. The van der Waals surface area contributed by atoms with Gasteiger partial charge in [-0.3, -0.25) is 4.90 Å². The maximum absolute atomic E-state index is 3.27. The van der Waals surface area contributed by atoms with Gasteiger partial charge in [-0.05, 0) is 71.5 Å². The van der Waals surface area contributed by atoms with Crippen LogP contribution in [0, 0.1) is 12.0 Å². The number of nitrogens with zero attached hydrogens (tertiary/aromatic N) is 1. The number of hydrogen-bond donors (Lipinski definition) is 0. The molecule has 0 aliphatic carbocycles. The molecule has 0 rings (SSSR count). The Kier molecular flexibility index (Phi) is 10.3. The van der Waals surface area contributed by atoms with E-state index in [1.807, 2.05) is 6.92 Å². The van der Waals surface area contributed by atoms with Gasteiger partial charge in [0.15, 0.2) is 0 Å². The van der Waals surface area contributed by atoms with E-state index in [1.54, 1.807) is 0 Å². The van der Waals surface area contributed by atoms with Gasteiger partial charge < -0.3 is 0 Å². The molecular formula is C19H38N. The Morgan fingerprint density at radius 1 is 1.10 bits per heavy atom.